The Hall–Kier alpha value is -2.81. The normalized spacial score (nSPS) is 14.3. The molecule has 10 heteroatoms. The molecule has 0 fully saturated rings. The van der Waals surface area contributed by atoms with E-state index >= 15 is 0 Å². The molecule has 0 saturated heterocycles. The number of rotatable bonds is 55. The smallest absolute Gasteiger partial charge is 0.306 e. The van der Waals surface area contributed by atoms with Crippen molar-refractivity contribution in [3.05, 3.63) is 85.1 Å². The molecule has 0 heterocycles. The van der Waals surface area contributed by atoms with Gasteiger partial charge in [0.2, 0.25) is 5.91 Å². The number of carbonyl (C=O) groups is 2. The molecule has 3 atom stereocenters. The maximum Gasteiger partial charge on any atom is 0.306 e. The molecule has 0 aromatic rings. The van der Waals surface area contributed by atoms with Crippen LogP contribution >= 0.6 is 7.82 Å². The highest BCUT2D eigenvalue weighted by Crippen LogP contribution is 2.38. The van der Waals surface area contributed by atoms with E-state index < -0.39 is 26.6 Å². The van der Waals surface area contributed by atoms with Crippen LogP contribution in [0.25, 0.3) is 0 Å². The van der Waals surface area contributed by atoms with Crippen molar-refractivity contribution in [3.63, 3.8) is 0 Å². The molecule has 0 radical (unpaired) electrons. The van der Waals surface area contributed by atoms with Crippen molar-refractivity contribution in [2.75, 3.05) is 40.9 Å². The second-order valence-electron chi connectivity index (χ2n) is 21.9. The second kappa shape index (κ2) is 54.5. The number of likely N-dealkylation sites (N-methyl/N-ethyl adjacent to an activating group) is 1. The number of carbonyl (C=O) groups excluding carboxylic acids is 2. The lowest BCUT2D eigenvalue weighted by atomic mass is 10.0. The van der Waals surface area contributed by atoms with E-state index in [2.05, 4.69) is 99.0 Å². The zero-order valence-electron chi connectivity index (χ0n) is 49.5. The summed E-state index contributed by atoms with van der Waals surface area (Å²) >= 11 is 0. The highest BCUT2D eigenvalue weighted by molar-refractivity contribution is 7.45. The van der Waals surface area contributed by atoms with E-state index in [1.807, 2.05) is 33.3 Å². The number of hydrogen-bond acceptors (Lipinski definition) is 7. The van der Waals surface area contributed by atoms with Crippen molar-refractivity contribution in [2.24, 2.45) is 0 Å². The Kier molecular flexibility index (Phi) is 52.5. The number of nitrogens with one attached hydrogen (secondary N) is 1. The fourth-order valence-corrected chi connectivity index (χ4v) is 9.31. The van der Waals surface area contributed by atoms with E-state index in [1.165, 1.54) is 128 Å². The van der Waals surface area contributed by atoms with Gasteiger partial charge in [0.05, 0.1) is 33.8 Å². The summed E-state index contributed by atoms with van der Waals surface area (Å²) in [5, 5.41) is 3.02. The minimum absolute atomic E-state index is 0.0295. The third-order valence-corrected chi connectivity index (χ3v) is 14.3. The first-order valence-electron chi connectivity index (χ1n) is 30.9. The summed E-state index contributed by atoms with van der Waals surface area (Å²) in [7, 11) is 1.16. The van der Waals surface area contributed by atoms with E-state index in [1.54, 1.807) is 0 Å². The Morgan fingerprint density at radius 3 is 1.41 bits per heavy atom. The van der Waals surface area contributed by atoms with Crippen molar-refractivity contribution >= 4 is 19.7 Å². The highest BCUT2D eigenvalue weighted by atomic mass is 31.2. The number of allylic oxidation sites excluding steroid dienone is 13. The number of phosphoric ester groups is 1. The van der Waals surface area contributed by atoms with Crippen molar-refractivity contribution < 1.29 is 37.3 Å². The summed E-state index contributed by atoms with van der Waals surface area (Å²) in [6.45, 7) is 6.67. The van der Waals surface area contributed by atoms with Crippen molar-refractivity contribution in [2.45, 2.75) is 277 Å². The molecule has 0 saturated carbocycles. The summed E-state index contributed by atoms with van der Waals surface area (Å²) in [6.07, 6.45) is 71.1. The first-order valence-corrected chi connectivity index (χ1v) is 32.4. The predicted molar refractivity (Wildman–Crippen MR) is 321 cm³/mol. The maximum absolute atomic E-state index is 13.5. The summed E-state index contributed by atoms with van der Waals surface area (Å²) in [5.41, 5.74) is 0. The molecule has 434 valence electrons. The van der Waals surface area contributed by atoms with Gasteiger partial charge in [-0.05, 0) is 89.5 Å². The number of nitrogens with zero attached hydrogens (tertiary/aromatic N) is 1. The van der Waals surface area contributed by atoms with Crippen LogP contribution in [0.1, 0.15) is 265 Å². The number of amides is 1. The van der Waals surface area contributed by atoms with Crippen LogP contribution < -0.4 is 10.2 Å². The molecule has 0 spiro atoms. The number of hydrogen-bond donors (Lipinski definition) is 1. The van der Waals surface area contributed by atoms with Gasteiger partial charge in [-0.25, -0.2) is 0 Å². The van der Waals surface area contributed by atoms with E-state index in [9.17, 15) is 19.0 Å². The quantitative estimate of drug-likeness (QED) is 0.0161. The largest absolute Gasteiger partial charge is 0.756 e. The summed E-state index contributed by atoms with van der Waals surface area (Å²) < 4.78 is 30.3. The average Bonchev–Trinajstić information content (AvgIpc) is 3.37. The minimum Gasteiger partial charge on any atom is -0.756 e. The van der Waals surface area contributed by atoms with Crippen LogP contribution in [-0.4, -0.2) is 69.4 Å². The maximum atomic E-state index is 13.5. The second-order valence-corrected chi connectivity index (χ2v) is 23.3. The van der Waals surface area contributed by atoms with Crippen LogP contribution in [0.15, 0.2) is 85.1 Å². The molecule has 1 amide bonds. The Morgan fingerprint density at radius 2 is 0.907 bits per heavy atom. The molecule has 0 aliphatic carbocycles. The summed E-state index contributed by atoms with van der Waals surface area (Å²) in [5.74, 6) is -0.564. The Balaban J connectivity index is 5.29. The summed E-state index contributed by atoms with van der Waals surface area (Å²) in [4.78, 5) is 40.0. The molecule has 0 aromatic carbocycles. The van der Waals surface area contributed by atoms with Crippen molar-refractivity contribution in [3.8, 4) is 0 Å². The lowest BCUT2D eigenvalue weighted by Gasteiger charge is -2.30. The number of esters is 1. The van der Waals surface area contributed by atoms with E-state index in [0.717, 1.165) is 103 Å². The number of ether oxygens (including phenoxy) is 1. The van der Waals surface area contributed by atoms with E-state index in [0.29, 0.717) is 17.4 Å². The number of unbranched alkanes of at least 4 members (excludes halogenated alkanes) is 29. The monoisotopic (exact) mass is 1070 g/mol. The third-order valence-electron chi connectivity index (χ3n) is 13.4. The lowest BCUT2D eigenvalue weighted by molar-refractivity contribution is -0.870. The topological polar surface area (TPSA) is 114 Å². The van der Waals surface area contributed by atoms with Crippen LogP contribution in [-0.2, 0) is 27.9 Å². The molecule has 0 aromatic heterocycles. The molecule has 0 rings (SSSR count). The summed E-state index contributed by atoms with van der Waals surface area (Å²) in [6, 6.07) is -0.902. The molecular formula is C65H117N2O7P. The van der Waals surface area contributed by atoms with E-state index in [-0.39, 0.29) is 24.9 Å². The fourth-order valence-electron chi connectivity index (χ4n) is 8.59. The van der Waals surface area contributed by atoms with Crippen molar-refractivity contribution in [1.82, 2.24) is 5.32 Å². The van der Waals surface area contributed by atoms with Crippen LogP contribution in [0, 0.1) is 0 Å². The average molecular weight is 1070 g/mol. The van der Waals surface area contributed by atoms with Gasteiger partial charge < -0.3 is 28.5 Å². The molecular weight excluding hydrogens is 952 g/mol. The Bertz CT molecular complexity index is 1560. The van der Waals surface area contributed by atoms with Gasteiger partial charge in [-0.15, -0.1) is 0 Å². The zero-order valence-corrected chi connectivity index (χ0v) is 50.4. The molecule has 0 aliphatic rings. The van der Waals surface area contributed by atoms with Gasteiger partial charge in [0.15, 0.2) is 0 Å². The van der Waals surface area contributed by atoms with Gasteiger partial charge in [0.1, 0.15) is 19.3 Å². The van der Waals surface area contributed by atoms with Gasteiger partial charge >= 0.3 is 5.97 Å². The molecule has 9 nitrogen and oxygen atoms in total. The van der Waals surface area contributed by atoms with Gasteiger partial charge in [0.25, 0.3) is 7.82 Å². The van der Waals surface area contributed by atoms with Crippen LogP contribution in [0.5, 0.6) is 0 Å². The van der Waals surface area contributed by atoms with Gasteiger partial charge in [-0.1, -0.05) is 247 Å². The zero-order chi connectivity index (χ0) is 55.0. The van der Waals surface area contributed by atoms with Gasteiger partial charge in [-0.3, -0.25) is 14.2 Å². The molecule has 3 unspecified atom stereocenters. The Labute approximate surface area is 463 Å². The number of phosphoric acid groups is 1. The predicted octanol–water partition coefficient (Wildman–Crippen LogP) is 18.4. The first-order chi connectivity index (χ1) is 36.4. The lowest BCUT2D eigenvalue weighted by Crippen LogP contribution is -2.47. The standard InChI is InChI=1S/C65H117N2O7P/c1-7-10-13-16-19-22-25-28-30-31-32-33-34-35-37-40-43-46-49-52-55-58-65(69)74-63(56-53-50-47-44-41-38-27-24-21-18-15-12-9-3)62(61-73-75(70,71)72-60-59-67(4,5)6)66-64(68)57-54-51-48-45-42-39-36-29-26-23-20-17-14-11-8-2/h11,14,17,19-20,22-23,26,28,30,32-33,53,56,62-63H,7-10,12-13,15-16,18,21,24-25,27,29,31,34-52,54-55,57-61H2,1-6H3,(H-,66,68,70,71)/b14-11+,20-17+,22-19-,26-23+,30-28-,33-32-,56-53-. The molecule has 0 bridgehead atoms. The first kappa shape index (κ1) is 72.2. The number of quaternary nitrogens is 1. The molecule has 0 aliphatic heterocycles. The fraction of sp³-hybridized carbons (Fsp3) is 0.754. The molecule has 75 heavy (non-hydrogen) atoms. The van der Waals surface area contributed by atoms with Crippen molar-refractivity contribution in [1.29, 1.82) is 0 Å². The molecule has 1 N–H and O–H groups in total. The van der Waals surface area contributed by atoms with Crippen LogP contribution in [0.2, 0.25) is 0 Å². The van der Waals surface area contributed by atoms with Crippen LogP contribution in [0.4, 0.5) is 0 Å². The van der Waals surface area contributed by atoms with Gasteiger partial charge in [-0.2, -0.15) is 0 Å². The Morgan fingerprint density at radius 1 is 0.493 bits per heavy atom. The van der Waals surface area contributed by atoms with Crippen LogP contribution in [0.3, 0.4) is 0 Å². The minimum atomic E-state index is -4.71. The SMILES string of the molecule is CC/C=C/C=C/C=C/CCCCCCCCCC(=O)NC(COP(=O)([O-])OCC[N+](C)(C)C)C(/C=C\CCCCCCCCCCCCC)OC(=O)CCCCCCCCCC/C=C\C/C=C\C/C=C\CCCCC. The highest BCUT2D eigenvalue weighted by Gasteiger charge is 2.27. The van der Waals surface area contributed by atoms with E-state index in [4.69, 9.17) is 13.8 Å². The van der Waals surface area contributed by atoms with Gasteiger partial charge in [0, 0.05) is 12.8 Å². The third kappa shape index (κ3) is 55.7.